The topological polar surface area (TPSA) is 51.1 Å². The zero-order valence-corrected chi connectivity index (χ0v) is 16.9. The molecule has 1 amide bonds. The van der Waals surface area contributed by atoms with E-state index in [4.69, 9.17) is 9.47 Å². The van der Waals surface area contributed by atoms with Gasteiger partial charge in [0, 0.05) is 12.3 Å². The molecule has 0 spiro atoms. The molecular weight excluding hydrogens is 352 g/mol. The molecule has 2 aliphatic rings. The Labute approximate surface area is 167 Å². The van der Waals surface area contributed by atoms with Crippen molar-refractivity contribution in [3.8, 4) is 11.5 Å². The van der Waals surface area contributed by atoms with Gasteiger partial charge < -0.3 is 9.47 Å². The van der Waals surface area contributed by atoms with E-state index in [0.717, 1.165) is 37.0 Å². The van der Waals surface area contributed by atoms with Crippen LogP contribution in [0.3, 0.4) is 0 Å². The lowest BCUT2D eigenvalue weighted by Gasteiger charge is -2.36. The number of carbonyl (C=O) groups is 1. The minimum Gasteiger partial charge on any atom is -0.454 e. The fourth-order valence-electron chi connectivity index (χ4n) is 4.07. The number of hydrogen-bond acceptors (Lipinski definition) is 4. The molecule has 0 bridgehead atoms. The summed E-state index contributed by atoms with van der Waals surface area (Å²) in [5.41, 5.74) is 0.959. The quantitative estimate of drug-likeness (QED) is 0.610. The molecule has 1 aromatic carbocycles. The van der Waals surface area contributed by atoms with Crippen LogP contribution in [0.1, 0.15) is 63.9 Å². The number of ether oxygens (including phenoxy) is 2. The molecule has 0 radical (unpaired) electrons. The summed E-state index contributed by atoms with van der Waals surface area (Å²) < 4.78 is 10.9. The summed E-state index contributed by atoms with van der Waals surface area (Å²) in [6, 6.07) is 6.00. The summed E-state index contributed by atoms with van der Waals surface area (Å²) in [6.07, 6.45) is 11.5. The molecule has 0 N–H and O–H groups in total. The summed E-state index contributed by atoms with van der Waals surface area (Å²) in [4.78, 5) is 20.2. The average molecular weight is 383 g/mol. The van der Waals surface area contributed by atoms with Crippen molar-refractivity contribution in [3.05, 3.63) is 48.3 Å². The van der Waals surface area contributed by atoms with Gasteiger partial charge in [-0.05, 0) is 50.0 Å². The van der Waals surface area contributed by atoms with E-state index in [9.17, 15) is 4.79 Å². The number of nitrogens with zero attached hydrogens (tertiary/aromatic N) is 2. The van der Waals surface area contributed by atoms with Gasteiger partial charge in [0.2, 0.25) is 12.7 Å². The molecule has 1 fully saturated rings. The van der Waals surface area contributed by atoms with Gasteiger partial charge in [0.25, 0.3) is 0 Å². The molecule has 1 aliphatic carbocycles. The van der Waals surface area contributed by atoms with Crippen LogP contribution in [-0.4, -0.2) is 29.9 Å². The second kappa shape index (κ2) is 9.58. The molecular formula is C23H30N2O3. The number of fused-ring (bicyclic) bond motifs is 1. The van der Waals surface area contributed by atoms with E-state index in [-0.39, 0.29) is 24.7 Å². The van der Waals surface area contributed by atoms with E-state index in [1.807, 2.05) is 36.1 Å². The summed E-state index contributed by atoms with van der Waals surface area (Å²) >= 11 is 0. The number of allylic oxidation sites excluding steroid dienone is 2. The molecule has 0 aromatic heterocycles. The van der Waals surface area contributed by atoms with Crippen LogP contribution in [0, 0.1) is 0 Å². The van der Waals surface area contributed by atoms with E-state index in [2.05, 4.69) is 18.5 Å². The van der Waals surface area contributed by atoms with Gasteiger partial charge in [0.1, 0.15) is 5.82 Å². The van der Waals surface area contributed by atoms with Gasteiger partial charge >= 0.3 is 0 Å². The zero-order chi connectivity index (χ0) is 19.9. The third kappa shape index (κ3) is 4.29. The largest absolute Gasteiger partial charge is 0.454 e. The summed E-state index contributed by atoms with van der Waals surface area (Å²) in [5.74, 6) is 2.01. The second-order valence-electron chi connectivity index (χ2n) is 7.23. The van der Waals surface area contributed by atoms with Gasteiger partial charge in [-0.3, -0.25) is 9.69 Å². The lowest BCUT2D eigenvalue weighted by atomic mass is 9.90. The van der Waals surface area contributed by atoms with Gasteiger partial charge in [-0.1, -0.05) is 44.9 Å². The van der Waals surface area contributed by atoms with Crippen molar-refractivity contribution >= 4 is 12.1 Å². The summed E-state index contributed by atoms with van der Waals surface area (Å²) in [5, 5.41) is 0. The maximum absolute atomic E-state index is 13.8. The number of carbonyl (C=O) groups excluding carboxylic acids is 1. The molecule has 1 atom stereocenters. The van der Waals surface area contributed by atoms with Crippen LogP contribution < -0.4 is 9.47 Å². The van der Waals surface area contributed by atoms with Gasteiger partial charge in [-0.15, -0.1) is 0 Å². The minimum absolute atomic E-state index is 0.0996. The first-order valence-electron chi connectivity index (χ1n) is 10.2. The van der Waals surface area contributed by atoms with Crippen molar-refractivity contribution < 1.29 is 14.3 Å². The SMILES string of the molecule is C=CC=N/C(=C\C)N(C(=O)C(CC)c1ccc2c(c1)OCO2)C1CCCCC1. The van der Waals surface area contributed by atoms with Crippen LogP contribution in [0.5, 0.6) is 11.5 Å². The Morgan fingerprint density at radius 1 is 1.29 bits per heavy atom. The third-order valence-corrected chi connectivity index (χ3v) is 5.50. The molecule has 5 heteroatoms. The lowest BCUT2D eigenvalue weighted by molar-refractivity contribution is -0.133. The Kier molecular flexibility index (Phi) is 6.90. The van der Waals surface area contributed by atoms with Crippen LogP contribution in [-0.2, 0) is 4.79 Å². The Bertz CT molecular complexity index is 763. The van der Waals surface area contributed by atoms with Crippen molar-refractivity contribution in [1.29, 1.82) is 0 Å². The minimum atomic E-state index is -0.245. The van der Waals surface area contributed by atoms with Crippen LogP contribution in [0.25, 0.3) is 0 Å². The van der Waals surface area contributed by atoms with Gasteiger partial charge in [-0.2, -0.15) is 0 Å². The molecule has 1 aliphatic heterocycles. The molecule has 1 heterocycles. The molecule has 28 heavy (non-hydrogen) atoms. The van der Waals surface area contributed by atoms with Crippen molar-refractivity contribution in [3.63, 3.8) is 0 Å². The van der Waals surface area contributed by atoms with Crippen LogP contribution >= 0.6 is 0 Å². The van der Waals surface area contributed by atoms with Gasteiger partial charge in [-0.25, -0.2) is 4.99 Å². The maximum Gasteiger partial charge on any atom is 0.235 e. The highest BCUT2D eigenvalue weighted by molar-refractivity contribution is 5.86. The van der Waals surface area contributed by atoms with E-state index in [0.29, 0.717) is 18.0 Å². The third-order valence-electron chi connectivity index (χ3n) is 5.50. The first kappa shape index (κ1) is 20.2. The predicted octanol–water partition coefficient (Wildman–Crippen LogP) is 5.19. The number of benzene rings is 1. The van der Waals surface area contributed by atoms with Crippen LogP contribution in [0.2, 0.25) is 0 Å². The zero-order valence-electron chi connectivity index (χ0n) is 16.9. The number of amides is 1. The standard InChI is InChI=1S/C23H30N2O3/c1-4-14-24-22(6-3)25(18-10-8-7-9-11-18)23(26)19(5-2)17-12-13-20-21(15-17)28-16-27-20/h4,6,12-15,18-19H,1,5,7-11,16H2,2-3H3/b22-6+,24-14?. The lowest BCUT2D eigenvalue weighted by Crippen LogP contribution is -2.42. The Balaban J connectivity index is 1.93. The molecule has 150 valence electrons. The number of hydrogen-bond donors (Lipinski definition) is 0. The molecule has 1 saturated carbocycles. The van der Waals surface area contributed by atoms with Crippen LogP contribution in [0.4, 0.5) is 0 Å². The van der Waals surface area contributed by atoms with Crippen molar-refractivity contribution in [2.75, 3.05) is 6.79 Å². The van der Waals surface area contributed by atoms with Crippen molar-refractivity contribution in [2.24, 2.45) is 4.99 Å². The second-order valence-corrected chi connectivity index (χ2v) is 7.23. The van der Waals surface area contributed by atoms with E-state index >= 15 is 0 Å². The van der Waals surface area contributed by atoms with E-state index in [1.165, 1.54) is 6.42 Å². The molecule has 3 rings (SSSR count). The highest BCUT2D eigenvalue weighted by atomic mass is 16.7. The first-order valence-corrected chi connectivity index (χ1v) is 10.2. The summed E-state index contributed by atoms with van der Waals surface area (Å²) in [6.45, 7) is 7.92. The van der Waals surface area contributed by atoms with E-state index in [1.54, 1.807) is 12.3 Å². The van der Waals surface area contributed by atoms with Crippen molar-refractivity contribution in [2.45, 2.75) is 64.3 Å². The fourth-order valence-corrected chi connectivity index (χ4v) is 4.07. The Hall–Kier alpha value is -2.56. The first-order chi connectivity index (χ1) is 13.7. The van der Waals surface area contributed by atoms with Crippen molar-refractivity contribution in [1.82, 2.24) is 4.90 Å². The normalized spacial score (nSPS) is 18.3. The van der Waals surface area contributed by atoms with Crippen LogP contribution in [0.15, 0.2) is 47.7 Å². The monoisotopic (exact) mass is 382 g/mol. The van der Waals surface area contributed by atoms with E-state index < -0.39 is 0 Å². The number of aliphatic imine (C=N–C) groups is 1. The number of rotatable bonds is 7. The average Bonchev–Trinajstić information content (AvgIpc) is 3.20. The predicted molar refractivity (Wildman–Crippen MR) is 112 cm³/mol. The highest BCUT2D eigenvalue weighted by Crippen LogP contribution is 2.37. The maximum atomic E-state index is 13.8. The summed E-state index contributed by atoms with van der Waals surface area (Å²) in [7, 11) is 0. The Morgan fingerprint density at radius 3 is 2.71 bits per heavy atom. The molecule has 1 unspecified atom stereocenters. The molecule has 5 nitrogen and oxygen atoms in total. The van der Waals surface area contributed by atoms with Gasteiger partial charge in [0.15, 0.2) is 11.5 Å². The highest BCUT2D eigenvalue weighted by Gasteiger charge is 2.33. The fraction of sp³-hybridized carbons (Fsp3) is 0.478. The Morgan fingerprint density at radius 2 is 2.04 bits per heavy atom. The van der Waals surface area contributed by atoms with Gasteiger partial charge in [0.05, 0.1) is 5.92 Å². The molecule has 1 aromatic rings. The molecule has 0 saturated heterocycles. The smallest absolute Gasteiger partial charge is 0.235 e.